The van der Waals surface area contributed by atoms with Gasteiger partial charge in [-0.1, -0.05) is 0 Å². The number of methoxy groups -OCH3 is 1. The molecule has 0 saturated carbocycles. The van der Waals surface area contributed by atoms with Crippen molar-refractivity contribution in [3.8, 4) is 0 Å². The largest absolute Gasteiger partial charge is 0.467 e. The molecule has 5 nitrogen and oxygen atoms in total. The zero-order valence-corrected chi connectivity index (χ0v) is 11.8. The second-order valence-corrected chi connectivity index (χ2v) is 5.05. The van der Waals surface area contributed by atoms with E-state index >= 15 is 0 Å². The molecule has 0 unspecified atom stereocenters. The Morgan fingerprint density at radius 3 is 2.60 bits per heavy atom. The molecule has 0 heterocycles. The average molecular weight is 301 g/mol. The fourth-order valence-electron chi connectivity index (χ4n) is 1.38. The van der Waals surface area contributed by atoms with Crippen molar-refractivity contribution in [3.63, 3.8) is 0 Å². The van der Waals surface area contributed by atoms with Crippen LogP contribution in [0.4, 0.5) is 4.39 Å². The van der Waals surface area contributed by atoms with Gasteiger partial charge in [-0.25, -0.2) is 9.18 Å². The van der Waals surface area contributed by atoms with E-state index in [1.165, 1.54) is 31.0 Å². The van der Waals surface area contributed by atoms with Crippen LogP contribution in [0.2, 0.25) is 0 Å². The van der Waals surface area contributed by atoms with Gasteiger partial charge in [0.2, 0.25) is 5.91 Å². The molecular weight excluding hydrogens is 285 g/mol. The lowest BCUT2D eigenvalue weighted by molar-refractivity contribution is -0.146. The summed E-state index contributed by atoms with van der Waals surface area (Å²) in [5, 5.41) is 11.3. The first-order chi connectivity index (χ1) is 9.56. The molecule has 1 atom stereocenters. The Labute approximate surface area is 120 Å². The topological polar surface area (TPSA) is 75.6 Å². The van der Waals surface area contributed by atoms with Gasteiger partial charge in [-0.3, -0.25) is 4.79 Å². The third kappa shape index (κ3) is 5.58. The van der Waals surface area contributed by atoms with Crippen LogP contribution < -0.4 is 5.32 Å². The van der Waals surface area contributed by atoms with Gasteiger partial charge < -0.3 is 15.2 Å². The molecule has 110 valence electrons. The summed E-state index contributed by atoms with van der Waals surface area (Å²) in [6.07, 6.45) is 0.176. The second-order valence-electron chi connectivity index (χ2n) is 3.88. The zero-order chi connectivity index (χ0) is 15.0. The standard InChI is InChI=1S/C13H16FNO4S/c1-19-13(18)11(8-16)15-12(17)6-7-20-10-4-2-9(14)3-5-10/h2-5,11,16H,6-8H2,1H3,(H,15,17)/t11-/m1/s1. The van der Waals surface area contributed by atoms with Crippen LogP contribution in [-0.2, 0) is 14.3 Å². The smallest absolute Gasteiger partial charge is 0.330 e. The van der Waals surface area contributed by atoms with E-state index in [4.69, 9.17) is 5.11 Å². The molecule has 0 aliphatic rings. The highest BCUT2D eigenvalue weighted by Gasteiger charge is 2.19. The maximum atomic E-state index is 12.7. The van der Waals surface area contributed by atoms with Crippen LogP contribution in [0.25, 0.3) is 0 Å². The van der Waals surface area contributed by atoms with E-state index in [0.29, 0.717) is 5.75 Å². The molecule has 1 aromatic rings. The fourth-order valence-corrected chi connectivity index (χ4v) is 2.23. The number of amides is 1. The normalized spacial score (nSPS) is 11.8. The number of ether oxygens (including phenoxy) is 1. The second kappa shape index (κ2) is 8.55. The van der Waals surface area contributed by atoms with Crippen LogP contribution in [0.15, 0.2) is 29.2 Å². The van der Waals surface area contributed by atoms with Crippen molar-refractivity contribution in [2.75, 3.05) is 19.5 Å². The van der Waals surface area contributed by atoms with Gasteiger partial charge in [0, 0.05) is 17.1 Å². The molecule has 0 fully saturated rings. The number of nitrogens with one attached hydrogen (secondary N) is 1. The SMILES string of the molecule is COC(=O)[C@@H](CO)NC(=O)CCSc1ccc(F)cc1. The van der Waals surface area contributed by atoms with Crippen molar-refractivity contribution in [2.24, 2.45) is 0 Å². The quantitative estimate of drug-likeness (QED) is 0.579. The van der Waals surface area contributed by atoms with E-state index in [1.807, 2.05) is 0 Å². The number of hydrogen-bond acceptors (Lipinski definition) is 5. The van der Waals surface area contributed by atoms with Gasteiger partial charge in [-0.2, -0.15) is 0 Å². The summed E-state index contributed by atoms with van der Waals surface area (Å²) in [5.41, 5.74) is 0. The molecule has 7 heteroatoms. The van der Waals surface area contributed by atoms with Crippen LogP contribution in [0, 0.1) is 5.82 Å². The number of halogens is 1. The summed E-state index contributed by atoms with van der Waals surface area (Å²) in [6.45, 7) is -0.510. The van der Waals surface area contributed by atoms with E-state index in [-0.39, 0.29) is 18.1 Å². The van der Waals surface area contributed by atoms with E-state index in [2.05, 4.69) is 10.1 Å². The number of rotatable bonds is 7. The Bertz CT molecular complexity index is 452. The molecule has 0 saturated heterocycles. The maximum Gasteiger partial charge on any atom is 0.330 e. The van der Waals surface area contributed by atoms with Gasteiger partial charge in [0.15, 0.2) is 6.04 Å². The molecule has 0 aromatic heterocycles. The van der Waals surface area contributed by atoms with Gasteiger partial charge >= 0.3 is 5.97 Å². The van der Waals surface area contributed by atoms with E-state index in [9.17, 15) is 14.0 Å². The zero-order valence-electron chi connectivity index (χ0n) is 11.0. The lowest BCUT2D eigenvalue weighted by atomic mass is 10.3. The van der Waals surface area contributed by atoms with Crippen LogP contribution in [0.3, 0.4) is 0 Å². The van der Waals surface area contributed by atoms with Crippen molar-refractivity contribution >= 4 is 23.6 Å². The molecule has 1 rings (SSSR count). The predicted octanol–water partition coefficient (Wildman–Crippen LogP) is 0.958. The predicted molar refractivity (Wildman–Crippen MR) is 72.8 cm³/mol. The number of hydrogen-bond donors (Lipinski definition) is 2. The number of aliphatic hydroxyl groups is 1. The Morgan fingerprint density at radius 1 is 1.40 bits per heavy atom. The third-order valence-electron chi connectivity index (χ3n) is 2.41. The van der Waals surface area contributed by atoms with Crippen molar-refractivity contribution in [1.29, 1.82) is 0 Å². The van der Waals surface area contributed by atoms with Crippen LogP contribution in [0.1, 0.15) is 6.42 Å². The highest BCUT2D eigenvalue weighted by atomic mass is 32.2. The summed E-state index contributed by atoms with van der Waals surface area (Å²) >= 11 is 1.40. The maximum absolute atomic E-state index is 12.7. The van der Waals surface area contributed by atoms with E-state index < -0.39 is 18.6 Å². The first-order valence-corrected chi connectivity index (χ1v) is 6.91. The molecule has 0 aliphatic heterocycles. The number of thioether (sulfide) groups is 1. The molecule has 0 aliphatic carbocycles. The average Bonchev–Trinajstić information content (AvgIpc) is 2.46. The molecule has 20 heavy (non-hydrogen) atoms. The van der Waals surface area contributed by atoms with E-state index in [0.717, 1.165) is 4.90 Å². The van der Waals surface area contributed by atoms with Crippen LogP contribution >= 0.6 is 11.8 Å². The van der Waals surface area contributed by atoms with E-state index in [1.54, 1.807) is 12.1 Å². The van der Waals surface area contributed by atoms with Gasteiger partial charge in [-0.15, -0.1) is 11.8 Å². The highest BCUT2D eigenvalue weighted by Crippen LogP contribution is 2.18. The summed E-state index contributed by atoms with van der Waals surface area (Å²) in [4.78, 5) is 23.6. The van der Waals surface area contributed by atoms with Gasteiger partial charge in [-0.05, 0) is 24.3 Å². The minimum atomic E-state index is -1.04. The Morgan fingerprint density at radius 2 is 2.05 bits per heavy atom. The number of aliphatic hydroxyl groups excluding tert-OH is 1. The molecule has 1 amide bonds. The Balaban J connectivity index is 2.32. The first-order valence-electron chi connectivity index (χ1n) is 5.93. The van der Waals surface area contributed by atoms with Gasteiger partial charge in [0.05, 0.1) is 13.7 Å². The minimum absolute atomic E-state index is 0.176. The van der Waals surface area contributed by atoms with Crippen molar-refractivity contribution in [1.82, 2.24) is 5.32 Å². The molecule has 2 N–H and O–H groups in total. The Hall–Kier alpha value is -1.60. The first kappa shape index (κ1) is 16.5. The molecule has 1 aromatic carbocycles. The fraction of sp³-hybridized carbons (Fsp3) is 0.385. The summed E-state index contributed by atoms with van der Waals surface area (Å²) in [7, 11) is 1.18. The molecule has 0 bridgehead atoms. The number of esters is 1. The summed E-state index contributed by atoms with van der Waals surface area (Å²) in [6, 6.07) is 4.91. The molecular formula is C13H16FNO4S. The lowest BCUT2D eigenvalue weighted by Gasteiger charge is -2.13. The van der Waals surface area contributed by atoms with Crippen molar-refractivity contribution in [3.05, 3.63) is 30.1 Å². The number of benzene rings is 1. The Kier molecular flexibility index (Phi) is 7.03. The summed E-state index contributed by atoms with van der Waals surface area (Å²) in [5.74, 6) is -0.872. The lowest BCUT2D eigenvalue weighted by Crippen LogP contribution is -2.44. The van der Waals surface area contributed by atoms with Crippen LogP contribution in [-0.4, -0.2) is 42.5 Å². The highest BCUT2D eigenvalue weighted by molar-refractivity contribution is 7.99. The third-order valence-corrected chi connectivity index (χ3v) is 3.43. The molecule has 0 spiro atoms. The van der Waals surface area contributed by atoms with Crippen LogP contribution in [0.5, 0.6) is 0 Å². The van der Waals surface area contributed by atoms with Gasteiger partial charge in [0.25, 0.3) is 0 Å². The number of carbonyl (C=O) groups is 2. The van der Waals surface area contributed by atoms with Crippen molar-refractivity contribution in [2.45, 2.75) is 17.4 Å². The number of carbonyl (C=O) groups excluding carboxylic acids is 2. The van der Waals surface area contributed by atoms with Gasteiger partial charge in [0.1, 0.15) is 5.82 Å². The monoisotopic (exact) mass is 301 g/mol. The summed E-state index contributed by atoms with van der Waals surface area (Å²) < 4.78 is 17.1. The van der Waals surface area contributed by atoms with Crippen molar-refractivity contribution < 1.29 is 23.8 Å². The minimum Gasteiger partial charge on any atom is -0.467 e. The molecule has 0 radical (unpaired) electrons.